The van der Waals surface area contributed by atoms with Gasteiger partial charge in [-0.05, 0) is 19.3 Å². The van der Waals surface area contributed by atoms with Gasteiger partial charge >= 0.3 is 0 Å². The van der Waals surface area contributed by atoms with Crippen molar-refractivity contribution >= 4 is 22.8 Å². The molecule has 2 rings (SSSR count). The third-order valence-electron chi connectivity index (χ3n) is 3.70. The van der Waals surface area contributed by atoms with Crippen molar-refractivity contribution in [2.45, 2.75) is 52.5 Å². The van der Waals surface area contributed by atoms with Crippen LogP contribution in [0.25, 0.3) is 11.2 Å². The van der Waals surface area contributed by atoms with Crippen molar-refractivity contribution in [3.8, 4) is 0 Å². The Bertz CT molecular complexity index is 568. The van der Waals surface area contributed by atoms with Gasteiger partial charge in [0.1, 0.15) is 11.3 Å². The van der Waals surface area contributed by atoms with E-state index in [-0.39, 0.29) is 5.38 Å². The number of nitrogens with zero attached hydrogens (tertiary/aromatic N) is 4. The molecule has 5 heteroatoms. The van der Waals surface area contributed by atoms with Crippen molar-refractivity contribution in [2.75, 3.05) is 0 Å². The molecule has 0 aliphatic rings. The number of aromatic nitrogens is 4. The molecule has 0 bridgehead atoms. The quantitative estimate of drug-likeness (QED) is 0.784. The predicted molar refractivity (Wildman–Crippen MR) is 79.6 cm³/mol. The molecule has 2 atom stereocenters. The van der Waals surface area contributed by atoms with Gasteiger partial charge in [-0.3, -0.25) is 4.68 Å². The van der Waals surface area contributed by atoms with Gasteiger partial charge < -0.3 is 4.57 Å². The molecular weight excluding hydrogens is 260 g/mol. The lowest BCUT2D eigenvalue weighted by atomic mass is 10.1. The summed E-state index contributed by atoms with van der Waals surface area (Å²) in [4.78, 5) is 4.74. The topological polar surface area (TPSA) is 35.6 Å². The minimum atomic E-state index is -0.0823. The molecule has 0 fully saturated rings. The number of fused-ring (bicyclic) bond motifs is 1. The van der Waals surface area contributed by atoms with Gasteiger partial charge in [0.05, 0.1) is 11.1 Å². The summed E-state index contributed by atoms with van der Waals surface area (Å²) in [5.41, 5.74) is 3.16. The fraction of sp³-hybridized carbons (Fsp3) is 0.714. The zero-order chi connectivity index (χ0) is 14.2. The lowest BCUT2D eigenvalue weighted by molar-refractivity contribution is 0.459. The van der Waals surface area contributed by atoms with Gasteiger partial charge in [-0.2, -0.15) is 5.10 Å². The second-order valence-corrected chi connectivity index (χ2v) is 5.96. The second-order valence-electron chi connectivity index (χ2n) is 5.31. The average molecular weight is 283 g/mol. The van der Waals surface area contributed by atoms with E-state index in [0.717, 1.165) is 42.1 Å². The number of hydrogen-bond donors (Lipinski definition) is 0. The van der Waals surface area contributed by atoms with Crippen LogP contribution in [-0.4, -0.2) is 19.3 Å². The summed E-state index contributed by atoms with van der Waals surface area (Å²) in [6.07, 6.45) is 2.04. The van der Waals surface area contributed by atoms with Crippen LogP contribution in [0.1, 0.15) is 51.0 Å². The van der Waals surface area contributed by atoms with Crippen LogP contribution in [-0.2, 0) is 20.0 Å². The summed E-state index contributed by atoms with van der Waals surface area (Å²) >= 11 is 6.30. The van der Waals surface area contributed by atoms with Crippen LogP contribution in [0.3, 0.4) is 0 Å². The standard InChI is InChI=1S/C14H23ClN4/c1-6-9(3)8-19-13(10(4)15)16-12-11(7-2)17-18(5)14(12)19/h9-10H,6-8H2,1-5H3. The van der Waals surface area contributed by atoms with Crippen molar-refractivity contribution in [2.24, 2.45) is 13.0 Å². The molecule has 0 aliphatic heterocycles. The van der Waals surface area contributed by atoms with Gasteiger partial charge in [-0.25, -0.2) is 4.98 Å². The Morgan fingerprint density at radius 1 is 1.26 bits per heavy atom. The van der Waals surface area contributed by atoms with E-state index in [4.69, 9.17) is 16.6 Å². The number of aryl methyl sites for hydroxylation is 2. The fourth-order valence-corrected chi connectivity index (χ4v) is 2.59. The first-order chi connectivity index (χ1) is 8.99. The summed E-state index contributed by atoms with van der Waals surface area (Å²) in [5, 5.41) is 4.47. The highest BCUT2D eigenvalue weighted by atomic mass is 35.5. The van der Waals surface area contributed by atoms with Gasteiger partial charge in [0, 0.05) is 13.6 Å². The average Bonchev–Trinajstić information content (AvgIpc) is 2.88. The Morgan fingerprint density at radius 3 is 2.47 bits per heavy atom. The van der Waals surface area contributed by atoms with Crippen LogP contribution in [0.15, 0.2) is 0 Å². The Hall–Kier alpha value is -1.03. The summed E-state index contributed by atoms with van der Waals surface area (Å²) < 4.78 is 4.18. The van der Waals surface area contributed by atoms with E-state index in [1.165, 1.54) is 0 Å². The molecule has 0 saturated heterocycles. The maximum atomic E-state index is 6.30. The third kappa shape index (κ3) is 2.50. The van der Waals surface area contributed by atoms with E-state index in [1.807, 2.05) is 18.7 Å². The zero-order valence-electron chi connectivity index (χ0n) is 12.4. The molecule has 19 heavy (non-hydrogen) atoms. The molecule has 2 unspecified atom stereocenters. The molecule has 0 aliphatic carbocycles. The van der Waals surface area contributed by atoms with Gasteiger partial charge in [-0.1, -0.05) is 27.2 Å². The number of rotatable bonds is 5. The first kappa shape index (κ1) is 14.4. The van der Waals surface area contributed by atoms with E-state index in [1.54, 1.807) is 0 Å². The van der Waals surface area contributed by atoms with Crippen molar-refractivity contribution in [3.63, 3.8) is 0 Å². The maximum absolute atomic E-state index is 6.30. The van der Waals surface area contributed by atoms with Crippen molar-refractivity contribution in [1.29, 1.82) is 0 Å². The van der Waals surface area contributed by atoms with Crippen molar-refractivity contribution in [3.05, 3.63) is 11.5 Å². The monoisotopic (exact) mass is 282 g/mol. The molecule has 0 N–H and O–H groups in total. The summed E-state index contributed by atoms with van der Waals surface area (Å²) in [5.74, 6) is 1.56. The molecule has 0 spiro atoms. The zero-order valence-corrected chi connectivity index (χ0v) is 13.2. The maximum Gasteiger partial charge on any atom is 0.158 e. The predicted octanol–water partition coefficient (Wildman–Crippen LogP) is 3.68. The SMILES string of the molecule is CCc1nn(C)c2c1nc(C(C)Cl)n2CC(C)CC. The number of hydrogen-bond acceptors (Lipinski definition) is 2. The van der Waals surface area contributed by atoms with E-state index in [9.17, 15) is 0 Å². The van der Waals surface area contributed by atoms with Crippen LogP contribution >= 0.6 is 11.6 Å². The summed E-state index contributed by atoms with van der Waals surface area (Å²) in [7, 11) is 1.99. The highest BCUT2D eigenvalue weighted by Crippen LogP contribution is 2.27. The molecular formula is C14H23ClN4. The second kappa shape index (κ2) is 5.53. The van der Waals surface area contributed by atoms with Crippen LogP contribution in [0, 0.1) is 5.92 Å². The molecule has 0 saturated carbocycles. The van der Waals surface area contributed by atoms with E-state index >= 15 is 0 Å². The Kier molecular flexibility index (Phi) is 4.19. The van der Waals surface area contributed by atoms with Gasteiger partial charge in [0.2, 0.25) is 0 Å². The van der Waals surface area contributed by atoms with Crippen molar-refractivity contribution < 1.29 is 0 Å². The van der Waals surface area contributed by atoms with E-state index < -0.39 is 0 Å². The Labute approximate surface area is 119 Å². The van der Waals surface area contributed by atoms with E-state index in [0.29, 0.717) is 5.92 Å². The first-order valence-electron chi connectivity index (χ1n) is 7.05. The van der Waals surface area contributed by atoms with Gasteiger partial charge in [0.15, 0.2) is 5.65 Å². The van der Waals surface area contributed by atoms with Crippen LogP contribution < -0.4 is 0 Å². The molecule has 106 valence electrons. The van der Waals surface area contributed by atoms with Gasteiger partial charge in [-0.15, -0.1) is 11.6 Å². The van der Waals surface area contributed by atoms with Crippen LogP contribution in [0.5, 0.6) is 0 Å². The molecule has 2 aromatic rings. The third-order valence-corrected chi connectivity index (χ3v) is 3.90. The summed E-state index contributed by atoms with van der Waals surface area (Å²) in [6, 6.07) is 0. The normalized spacial score (nSPS) is 15.1. The molecule has 0 radical (unpaired) electrons. The molecule has 4 nitrogen and oxygen atoms in total. The van der Waals surface area contributed by atoms with Crippen LogP contribution in [0.2, 0.25) is 0 Å². The molecule has 2 aromatic heterocycles. The molecule has 0 aromatic carbocycles. The smallest absolute Gasteiger partial charge is 0.158 e. The summed E-state index contributed by atoms with van der Waals surface area (Å²) in [6.45, 7) is 9.51. The minimum absolute atomic E-state index is 0.0823. The number of alkyl halides is 1. The first-order valence-corrected chi connectivity index (χ1v) is 7.49. The molecule has 2 heterocycles. The molecule has 0 amide bonds. The van der Waals surface area contributed by atoms with Gasteiger partial charge in [0.25, 0.3) is 0 Å². The van der Waals surface area contributed by atoms with Crippen LogP contribution in [0.4, 0.5) is 0 Å². The Balaban J connectivity index is 2.62. The number of imidazole rings is 1. The largest absolute Gasteiger partial charge is 0.311 e. The fourth-order valence-electron chi connectivity index (χ4n) is 2.42. The van der Waals surface area contributed by atoms with Crippen molar-refractivity contribution in [1.82, 2.24) is 19.3 Å². The number of halogens is 1. The highest BCUT2D eigenvalue weighted by Gasteiger charge is 2.21. The van der Waals surface area contributed by atoms with E-state index in [2.05, 4.69) is 30.4 Å². The lowest BCUT2D eigenvalue weighted by Gasteiger charge is -2.14. The Morgan fingerprint density at radius 2 is 1.95 bits per heavy atom. The highest BCUT2D eigenvalue weighted by molar-refractivity contribution is 6.20. The lowest BCUT2D eigenvalue weighted by Crippen LogP contribution is -2.13. The minimum Gasteiger partial charge on any atom is -0.311 e.